The summed E-state index contributed by atoms with van der Waals surface area (Å²) in [4.78, 5) is 10.9. The normalized spacial score (nSPS) is 30.5. The lowest BCUT2D eigenvalue weighted by molar-refractivity contribution is -0.142. The summed E-state index contributed by atoms with van der Waals surface area (Å²) in [7, 11) is -3.38. The Morgan fingerprint density at radius 2 is 2.06 bits per heavy atom. The van der Waals surface area contributed by atoms with Crippen LogP contribution >= 0.6 is 0 Å². The smallest absolute Gasteiger partial charge is 0.306 e. The molecule has 3 atom stereocenters. The molecule has 1 saturated carbocycles. The van der Waals surface area contributed by atoms with Crippen LogP contribution in [0.1, 0.15) is 26.2 Å². The van der Waals surface area contributed by atoms with Crippen LogP contribution in [0, 0.1) is 17.8 Å². The Hall–Kier alpha value is -0.620. The summed E-state index contributed by atoms with van der Waals surface area (Å²) >= 11 is 0. The molecular weight excluding hydrogens is 232 g/mol. The van der Waals surface area contributed by atoms with Crippen LogP contribution in [0.4, 0.5) is 0 Å². The second-order valence-electron chi connectivity index (χ2n) is 4.57. The van der Waals surface area contributed by atoms with Crippen LogP contribution in [0.3, 0.4) is 0 Å². The molecule has 1 aliphatic carbocycles. The zero-order valence-corrected chi connectivity index (χ0v) is 10.4. The fourth-order valence-electron chi connectivity index (χ4n) is 2.32. The fraction of sp³-hybridized carbons (Fsp3) is 0.900. The minimum Gasteiger partial charge on any atom is -0.481 e. The first kappa shape index (κ1) is 13.4. The second-order valence-corrected chi connectivity index (χ2v) is 6.22. The first-order valence-corrected chi connectivity index (χ1v) is 7.18. The average molecular weight is 250 g/mol. The Balaban J connectivity index is 2.34. The monoisotopic (exact) mass is 250 g/mol. The van der Waals surface area contributed by atoms with Crippen molar-refractivity contribution in [2.75, 3.05) is 12.9 Å². The van der Waals surface area contributed by atoms with E-state index in [1.54, 1.807) is 0 Å². The largest absolute Gasteiger partial charge is 0.481 e. The Morgan fingerprint density at radius 1 is 1.44 bits per heavy atom. The van der Waals surface area contributed by atoms with Crippen LogP contribution < -0.4 is 0 Å². The molecule has 1 N–H and O–H groups in total. The van der Waals surface area contributed by atoms with Crippen molar-refractivity contribution in [2.24, 2.45) is 17.8 Å². The molecule has 1 fully saturated rings. The van der Waals surface area contributed by atoms with Crippen LogP contribution in [0.2, 0.25) is 0 Å². The summed E-state index contributed by atoms with van der Waals surface area (Å²) in [6.07, 6.45) is 3.10. The van der Waals surface area contributed by atoms with Gasteiger partial charge in [0.25, 0.3) is 10.1 Å². The van der Waals surface area contributed by atoms with Crippen LogP contribution in [0.5, 0.6) is 0 Å². The van der Waals surface area contributed by atoms with E-state index in [1.807, 2.05) is 6.92 Å². The molecule has 3 unspecified atom stereocenters. The molecule has 0 aromatic carbocycles. The number of carboxylic acid groups (broad SMARTS) is 1. The minimum absolute atomic E-state index is 0.155. The summed E-state index contributed by atoms with van der Waals surface area (Å²) in [6, 6.07) is 0. The zero-order valence-electron chi connectivity index (χ0n) is 9.55. The molecule has 5 nitrogen and oxygen atoms in total. The van der Waals surface area contributed by atoms with Gasteiger partial charge < -0.3 is 5.11 Å². The maximum atomic E-state index is 10.9. The number of rotatable bonds is 5. The molecule has 1 rings (SSSR count). The maximum absolute atomic E-state index is 10.9. The van der Waals surface area contributed by atoms with Gasteiger partial charge in [0.15, 0.2) is 0 Å². The highest BCUT2D eigenvalue weighted by Crippen LogP contribution is 2.37. The predicted molar refractivity (Wildman–Crippen MR) is 58.4 cm³/mol. The van der Waals surface area contributed by atoms with Gasteiger partial charge in [-0.25, -0.2) is 0 Å². The van der Waals surface area contributed by atoms with E-state index in [4.69, 9.17) is 5.11 Å². The van der Waals surface area contributed by atoms with Crippen molar-refractivity contribution in [3.8, 4) is 0 Å². The van der Waals surface area contributed by atoms with Crippen molar-refractivity contribution < 1.29 is 22.5 Å². The number of aliphatic carboxylic acids is 1. The zero-order chi connectivity index (χ0) is 12.3. The van der Waals surface area contributed by atoms with Crippen LogP contribution in [0.25, 0.3) is 0 Å². The van der Waals surface area contributed by atoms with Gasteiger partial charge in [0.2, 0.25) is 0 Å². The van der Waals surface area contributed by atoms with Gasteiger partial charge in [0.1, 0.15) is 0 Å². The summed E-state index contributed by atoms with van der Waals surface area (Å²) in [5.74, 6) is -0.610. The summed E-state index contributed by atoms with van der Waals surface area (Å²) in [5, 5.41) is 8.93. The molecule has 0 bridgehead atoms. The number of carboxylic acids is 1. The highest BCUT2D eigenvalue weighted by molar-refractivity contribution is 7.85. The molecule has 0 saturated heterocycles. The second kappa shape index (κ2) is 5.14. The van der Waals surface area contributed by atoms with Crippen molar-refractivity contribution in [3.63, 3.8) is 0 Å². The quantitative estimate of drug-likeness (QED) is 0.739. The van der Waals surface area contributed by atoms with Gasteiger partial charge in [0.05, 0.1) is 18.8 Å². The van der Waals surface area contributed by atoms with Crippen molar-refractivity contribution in [3.05, 3.63) is 0 Å². The summed E-state index contributed by atoms with van der Waals surface area (Å²) in [6.45, 7) is 2.08. The molecule has 1 aliphatic rings. The van der Waals surface area contributed by atoms with Gasteiger partial charge in [-0.05, 0) is 31.1 Å². The molecule has 0 aromatic rings. The molecule has 0 amide bonds. The molecule has 0 radical (unpaired) electrons. The van der Waals surface area contributed by atoms with E-state index in [9.17, 15) is 13.2 Å². The Bertz CT molecular complexity index is 348. The average Bonchev–Trinajstić information content (AvgIpc) is 2.44. The van der Waals surface area contributed by atoms with Gasteiger partial charge >= 0.3 is 5.97 Å². The van der Waals surface area contributed by atoms with Crippen molar-refractivity contribution in [1.82, 2.24) is 0 Å². The van der Waals surface area contributed by atoms with E-state index in [1.165, 1.54) is 0 Å². The molecule has 0 aromatic heterocycles. The Morgan fingerprint density at radius 3 is 2.50 bits per heavy atom. The van der Waals surface area contributed by atoms with E-state index in [0.717, 1.165) is 12.7 Å². The van der Waals surface area contributed by atoms with Crippen molar-refractivity contribution in [2.45, 2.75) is 26.2 Å². The SMILES string of the molecule is CC1CC(CCOS(C)(=O)=O)CC1C(=O)O. The van der Waals surface area contributed by atoms with E-state index in [2.05, 4.69) is 4.18 Å². The van der Waals surface area contributed by atoms with Crippen LogP contribution in [-0.2, 0) is 19.1 Å². The van der Waals surface area contributed by atoms with Gasteiger partial charge in [-0.15, -0.1) is 0 Å². The molecule has 0 heterocycles. The van der Waals surface area contributed by atoms with E-state index < -0.39 is 16.1 Å². The van der Waals surface area contributed by atoms with Crippen molar-refractivity contribution in [1.29, 1.82) is 0 Å². The van der Waals surface area contributed by atoms with Crippen LogP contribution in [0.15, 0.2) is 0 Å². The summed E-state index contributed by atoms with van der Waals surface area (Å²) < 4.78 is 26.1. The predicted octanol–water partition coefficient (Wildman–Crippen LogP) is 1.10. The van der Waals surface area contributed by atoms with Gasteiger partial charge in [-0.3, -0.25) is 8.98 Å². The third kappa shape index (κ3) is 4.09. The van der Waals surface area contributed by atoms with Crippen LogP contribution in [-0.4, -0.2) is 32.4 Å². The van der Waals surface area contributed by atoms with Gasteiger partial charge in [-0.2, -0.15) is 8.42 Å². The lowest BCUT2D eigenvalue weighted by Crippen LogP contribution is -2.15. The van der Waals surface area contributed by atoms with E-state index >= 15 is 0 Å². The highest BCUT2D eigenvalue weighted by atomic mass is 32.2. The molecule has 0 aliphatic heterocycles. The molecule has 94 valence electrons. The van der Waals surface area contributed by atoms with E-state index in [-0.39, 0.29) is 24.4 Å². The van der Waals surface area contributed by atoms with E-state index in [0.29, 0.717) is 12.8 Å². The third-order valence-corrected chi connectivity index (χ3v) is 3.71. The lowest BCUT2D eigenvalue weighted by Gasteiger charge is -2.08. The Labute approximate surface area is 95.9 Å². The standard InChI is InChI=1S/C10H18O5S/c1-7-5-8(6-9(7)10(11)12)3-4-15-16(2,13)14/h7-9H,3-6H2,1-2H3,(H,11,12). The number of carbonyl (C=O) groups is 1. The van der Waals surface area contributed by atoms with Gasteiger partial charge in [0, 0.05) is 0 Å². The first-order chi connectivity index (χ1) is 7.29. The minimum atomic E-state index is -3.38. The number of hydrogen-bond acceptors (Lipinski definition) is 4. The first-order valence-electron chi connectivity index (χ1n) is 5.37. The fourth-order valence-corrected chi connectivity index (χ4v) is 2.72. The van der Waals surface area contributed by atoms with Crippen molar-refractivity contribution >= 4 is 16.1 Å². The van der Waals surface area contributed by atoms with Gasteiger partial charge in [-0.1, -0.05) is 6.92 Å². The third-order valence-electron chi connectivity index (χ3n) is 3.12. The highest BCUT2D eigenvalue weighted by Gasteiger charge is 2.35. The summed E-state index contributed by atoms with van der Waals surface area (Å²) in [5.41, 5.74) is 0. The maximum Gasteiger partial charge on any atom is 0.306 e. The molecule has 16 heavy (non-hydrogen) atoms. The Kier molecular flexibility index (Phi) is 4.32. The molecule has 6 heteroatoms. The molecule has 0 spiro atoms. The molecular formula is C10H18O5S. The lowest BCUT2D eigenvalue weighted by atomic mass is 9.99. The number of hydrogen-bond donors (Lipinski definition) is 1. The topological polar surface area (TPSA) is 80.7 Å².